The monoisotopic (exact) mass is 392 g/mol. The summed E-state index contributed by atoms with van der Waals surface area (Å²) < 4.78 is 1.70. The number of carbonyl (C=O) groups is 1. The van der Waals surface area contributed by atoms with E-state index in [0.717, 1.165) is 40.1 Å². The van der Waals surface area contributed by atoms with Crippen LogP contribution in [0.15, 0.2) is 24.5 Å². The third kappa shape index (κ3) is 2.84. The molecule has 1 amide bonds. The smallest absolute Gasteiger partial charge is 0.291 e. The van der Waals surface area contributed by atoms with Crippen molar-refractivity contribution in [3.05, 3.63) is 52.2 Å². The van der Waals surface area contributed by atoms with Crippen LogP contribution < -0.4 is 5.32 Å². The summed E-state index contributed by atoms with van der Waals surface area (Å²) in [7, 11) is 0. The lowest BCUT2D eigenvalue weighted by Crippen LogP contribution is -2.24. The van der Waals surface area contributed by atoms with Crippen LogP contribution in [-0.2, 0) is 19.4 Å². The summed E-state index contributed by atoms with van der Waals surface area (Å²) in [6.07, 6.45) is 6.77. The van der Waals surface area contributed by atoms with Gasteiger partial charge in [-0.3, -0.25) is 9.78 Å². The first kappa shape index (κ1) is 17.2. The van der Waals surface area contributed by atoms with Crippen molar-refractivity contribution in [2.24, 2.45) is 5.92 Å². The SMILES string of the molecule is Cc1nc2sc3c(c2c2nc(C(=O)NCc4cccnc4)nn12)C[C@@H](C)CC3. The zero-order chi connectivity index (χ0) is 19.3. The number of nitrogens with zero attached hydrogens (tertiary/aromatic N) is 5. The maximum absolute atomic E-state index is 12.6. The van der Waals surface area contributed by atoms with Crippen molar-refractivity contribution >= 4 is 33.1 Å². The molecule has 0 aromatic carbocycles. The van der Waals surface area contributed by atoms with Crippen LogP contribution in [0.25, 0.3) is 15.9 Å². The molecule has 28 heavy (non-hydrogen) atoms. The molecule has 1 aliphatic rings. The van der Waals surface area contributed by atoms with Gasteiger partial charge in [-0.15, -0.1) is 16.4 Å². The van der Waals surface area contributed by atoms with Crippen LogP contribution in [0.1, 0.15) is 45.8 Å². The number of fused-ring (bicyclic) bond motifs is 5. The summed E-state index contributed by atoms with van der Waals surface area (Å²) in [6.45, 7) is 4.58. The second-order valence-electron chi connectivity index (χ2n) is 7.41. The predicted molar refractivity (Wildman–Crippen MR) is 107 cm³/mol. The van der Waals surface area contributed by atoms with Gasteiger partial charge in [0, 0.05) is 23.8 Å². The topological polar surface area (TPSA) is 85.1 Å². The fraction of sp³-hybridized carbons (Fsp3) is 0.350. The van der Waals surface area contributed by atoms with Gasteiger partial charge in [-0.2, -0.15) is 4.52 Å². The van der Waals surface area contributed by atoms with E-state index in [1.165, 1.54) is 16.9 Å². The number of aryl methyl sites for hydroxylation is 2. The Bertz CT molecular complexity index is 1200. The van der Waals surface area contributed by atoms with E-state index in [4.69, 9.17) is 4.98 Å². The molecular formula is C20H20N6OS. The van der Waals surface area contributed by atoms with Gasteiger partial charge in [-0.1, -0.05) is 13.0 Å². The minimum Gasteiger partial charge on any atom is -0.345 e. The lowest BCUT2D eigenvalue weighted by atomic mass is 9.89. The van der Waals surface area contributed by atoms with Gasteiger partial charge in [0.2, 0.25) is 5.82 Å². The van der Waals surface area contributed by atoms with Crippen molar-refractivity contribution in [1.29, 1.82) is 0 Å². The van der Waals surface area contributed by atoms with Crippen molar-refractivity contribution < 1.29 is 4.79 Å². The first-order valence-corrected chi connectivity index (χ1v) is 10.3. The van der Waals surface area contributed by atoms with E-state index in [1.54, 1.807) is 28.2 Å². The summed E-state index contributed by atoms with van der Waals surface area (Å²) in [5.41, 5.74) is 3.01. The largest absolute Gasteiger partial charge is 0.345 e. The standard InChI is InChI=1S/C20H20N6OS/c1-11-5-6-15-14(8-11)16-18-24-17(25-26(18)12(2)23-20(16)28-15)19(27)22-10-13-4-3-7-21-9-13/h3-4,7,9,11H,5-6,8,10H2,1-2H3,(H,22,27)/t11-/m0/s1. The fourth-order valence-corrected chi connectivity index (χ4v) is 5.06. The fourth-order valence-electron chi connectivity index (χ4n) is 3.81. The van der Waals surface area contributed by atoms with Gasteiger partial charge in [-0.05, 0) is 49.3 Å². The number of nitrogens with one attached hydrogen (secondary N) is 1. The lowest BCUT2D eigenvalue weighted by Gasteiger charge is -2.17. The number of rotatable bonds is 3. The summed E-state index contributed by atoms with van der Waals surface area (Å²) >= 11 is 1.76. The Labute approximate surface area is 165 Å². The van der Waals surface area contributed by atoms with Crippen molar-refractivity contribution in [2.45, 2.75) is 39.7 Å². The number of aromatic nitrogens is 5. The lowest BCUT2D eigenvalue weighted by molar-refractivity contribution is 0.0940. The molecule has 0 aliphatic heterocycles. The van der Waals surface area contributed by atoms with Crippen molar-refractivity contribution in [1.82, 2.24) is 29.9 Å². The molecule has 0 unspecified atom stereocenters. The van der Waals surface area contributed by atoms with Crippen molar-refractivity contribution in [2.75, 3.05) is 0 Å². The molecule has 4 heterocycles. The van der Waals surface area contributed by atoms with E-state index in [2.05, 4.69) is 27.3 Å². The maximum Gasteiger partial charge on any atom is 0.291 e. The Morgan fingerprint density at radius 1 is 1.39 bits per heavy atom. The van der Waals surface area contributed by atoms with Crippen LogP contribution >= 0.6 is 11.3 Å². The van der Waals surface area contributed by atoms with Crippen LogP contribution in [0.3, 0.4) is 0 Å². The molecule has 0 saturated heterocycles. The number of hydrogen-bond acceptors (Lipinski definition) is 6. The maximum atomic E-state index is 12.6. The third-order valence-electron chi connectivity index (χ3n) is 5.27. The Hall–Kier alpha value is -2.87. The highest BCUT2D eigenvalue weighted by Gasteiger charge is 2.25. The second kappa shape index (κ2) is 6.63. The zero-order valence-electron chi connectivity index (χ0n) is 15.8. The minimum absolute atomic E-state index is 0.171. The van der Waals surface area contributed by atoms with E-state index in [0.29, 0.717) is 12.5 Å². The molecule has 8 heteroatoms. The van der Waals surface area contributed by atoms with Crippen LogP contribution in [0, 0.1) is 12.8 Å². The highest BCUT2D eigenvalue weighted by molar-refractivity contribution is 7.19. The summed E-state index contributed by atoms with van der Waals surface area (Å²) in [5.74, 6) is 1.27. The van der Waals surface area contributed by atoms with E-state index in [1.807, 2.05) is 19.1 Å². The molecule has 7 nitrogen and oxygen atoms in total. The molecule has 1 aliphatic carbocycles. The molecular weight excluding hydrogens is 372 g/mol. The van der Waals surface area contributed by atoms with Gasteiger partial charge in [0.05, 0.1) is 5.39 Å². The van der Waals surface area contributed by atoms with Gasteiger partial charge >= 0.3 is 0 Å². The van der Waals surface area contributed by atoms with E-state index in [-0.39, 0.29) is 11.7 Å². The van der Waals surface area contributed by atoms with Crippen LogP contribution in [0.4, 0.5) is 0 Å². The van der Waals surface area contributed by atoms with E-state index in [9.17, 15) is 4.79 Å². The molecule has 5 rings (SSSR count). The Kier molecular flexibility index (Phi) is 4.08. The molecule has 0 saturated carbocycles. The van der Waals surface area contributed by atoms with Gasteiger partial charge in [0.15, 0.2) is 5.65 Å². The number of thiophene rings is 1. The number of amides is 1. The number of carbonyl (C=O) groups excluding carboxylic acids is 1. The van der Waals surface area contributed by atoms with Crippen LogP contribution in [-0.4, -0.2) is 30.5 Å². The van der Waals surface area contributed by atoms with E-state index < -0.39 is 0 Å². The average molecular weight is 392 g/mol. The first-order valence-electron chi connectivity index (χ1n) is 9.45. The highest BCUT2D eigenvalue weighted by Crippen LogP contribution is 2.38. The molecule has 0 fully saturated rings. The first-order chi connectivity index (χ1) is 13.6. The quantitative estimate of drug-likeness (QED) is 0.579. The van der Waals surface area contributed by atoms with Gasteiger partial charge < -0.3 is 5.32 Å². The molecule has 4 aromatic rings. The third-order valence-corrected chi connectivity index (χ3v) is 6.45. The molecule has 0 spiro atoms. The zero-order valence-corrected chi connectivity index (χ0v) is 16.6. The van der Waals surface area contributed by atoms with Gasteiger partial charge in [0.25, 0.3) is 5.91 Å². The molecule has 0 bridgehead atoms. The Morgan fingerprint density at radius 3 is 3.11 bits per heavy atom. The molecule has 142 valence electrons. The Balaban J connectivity index is 1.54. The molecule has 4 aromatic heterocycles. The molecule has 1 atom stereocenters. The predicted octanol–water partition coefficient (Wildman–Crippen LogP) is 3.10. The summed E-state index contributed by atoms with van der Waals surface area (Å²) in [5, 5.41) is 8.38. The van der Waals surface area contributed by atoms with Crippen molar-refractivity contribution in [3.63, 3.8) is 0 Å². The normalized spacial score (nSPS) is 16.4. The van der Waals surface area contributed by atoms with E-state index >= 15 is 0 Å². The number of pyridine rings is 1. The van der Waals surface area contributed by atoms with Crippen LogP contribution in [0.2, 0.25) is 0 Å². The van der Waals surface area contributed by atoms with Gasteiger partial charge in [0.1, 0.15) is 10.7 Å². The minimum atomic E-state index is -0.294. The highest BCUT2D eigenvalue weighted by atomic mass is 32.1. The Morgan fingerprint density at radius 2 is 2.29 bits per heavy atom. The second-order valence-corrected chi connectivity index (χ2v) is 8.49. The van der Waals surface area contributed by atoms with Crippen molar-refractivity contribution in [3.8, 4) is 0 Å². The summed E-state index contributed by atoms with van der Waals surface area (Å²) in [6, 6.07) is 3.76. The number of hydrogen-bond donors (Lipinski definition) is 1. The van der Waals surface area contributed by atoms with Crippen LogP contribution in [0.5, 0.6) is 0 Å². The molecule has 1 N–H and O–H groups in total. The summed E-state index contributed by atoms with van der Waals surface area (Å²) in [4.78, 5) is 28.4. The van der Waals surface area contributed by atoms with Gasteiger partial charge in [-0.25, -0.2) is 9.97 Å². The molecule has 0 radical (unpaired) electrons. The average Bonchev–Trinajstić information content (AvgIpc) is 3.28.